The molecule has 4 nitrogen and oxygen atoms in total. The highest BCUT2D eigenvalue weighted by molar-refractivity contribution is 7.12. The minimum Gasteiger partial charge on any atom is -0.489 e. The molecule has 0 unspecified atom stereocenters. The van der Waals surface area contributed by atoms with Gasteiger partial charge in [0, 0.05) is 16.3 Å². The molecule has 3 aromatic rings. The van der Waals surface area contributed by atoms with Crippen LogP contribution in [0.5, 0.6) is 11.5 Å². The van der Waals surface area contributed by atoms with Gasteiger partial charge in [0.15, 0.2) is 0 Å². The number of carbonyl (C=O) groups is 1. The molecular formula is C19H13Cl2F2NO3S. The Bertz CT molecular complexity index is 964. The van der Waals surface area contributed by atoms with Crippen LogP contribution in [0.3, 0.4) is 0 Å². The molecule has 0 atom stereocenters. The molecule has 0 saturated heterocycles. The van der Waals surface area contributed by atoms with E-state index in [2.05, 4.69) is 10.1 Å². The Kier molecular flexibility index (Phi) is 6.72. The summed E-state index contributed by atoms with van der Waals surface area (Å²) >= 11 is 13.0. The summed E-state index contributed by atoms with van der Waals surface area (Å²) in [5.41, 5.74) is 1.20. The van der Waals surface area contributed by atoms with Crippen LogP contribution in [0.1, 0.15) is 15.2 Å². The van der Waals surface area contributed by atoms with Gasteiger partial charge in [-0.25, -0.2) is 0 Å². The number of ether oxygens (including phenoxy) is 2. The van der Waals surface area contributed by atoms with Gasteiger partial charge < -0.3 is 14.8 Å². The van der Waals surface area contributed by atoms with E-state index in [0.717, 1.165) is 5.56 Å². The Morgan fingerprint density at radius 2 is 1.86 bits per heavy atom. The Labute approximate surface area is 173 Å². The lowest BCUT2D eigenvalue weighted by molar-refractivity contribution is -0.0497. The molecule has 9 heteroatoms. The van der Waals surface area contributed by atoms with Gasteiger partial charge in [0.1, 0.15) is 18.1 Å². The van der Waals surface area contributed by atoms with Crippen LogP contribution in [0.15, 0.2) is 53.9 Å². The summed E-state index contributed by atoms with van der Waals surface area (Å²) in [5, 5.41) is 5.07. The first-order valence-electron chi connectivity index (χ1n) is 7.92. The second-order valence-corrected chi connectivity index (χ2v) is 7.29. The third-order valence-electron chi connectivity index (χ3n) is 3.50. The minimum atomic E-state index is -2.97. The van der Waals surface area contributed by atoms with E-state index >= 15 is 0 Å². The molecule has 1 aromatic heterocycles. The Hall–Kier alpha value is -2.35. The van der Waals surface area contributed by atoms with E-state index in [1.165, 1.54) is 29.5 Å². The molecule has 3 rings (SSSR count). The maximum Gasteiger partial charge on any atom is 0.387 e. The maximum absolute atomic E-state index is 12.4. The van der Waals surface area contributed by atoms with E-state index in [-0.39, 0.29) is 16.7 Å². The van der Waals surface area contributed by atoms with Gasteiger partial charge in [0.05, 0.1) is 9.90 Å². The third-order valence-corrected chi connectivity index (χ3v) is 5.03. The highest BCUT2D eigenvalue weighted by Crippen LogP contribution is 2.29. The molecule has 0 bridgehead atoms. The molecule has 0 aliphatic heterocycles. The minimum absolute atomic E-state index is 0.0265. The largest absolute Gasteiger partial charge is 0.489 e. The average Bonchev–Trinajstić information content (AvgIpc) is 3.12. The van der Waals surface area contributed by atoms with Crippen molar-refractivity contribution in [1.82, 2.24) is 0 Å². The lowest BCUT2D eigenvalue weighted by Gasteiger charge is -2.09. The van der Waals surface area contributed by atoms with Crippen LogP contribution in [0.2, 0.25) is 10.0 Å². The molecule has 0 saturated carbocycles. The van der Waals surface area contributed by atoms with Gasteiger partial charge in [-0.15, -0.1) is 11.3 Å². The highest BCUT2D eigenvalue weighted by atomic mass is 35.5. The zero-order chi connectivity index (χ0) is 20.1. The quantitative estimate of drug-likeness (QED) is 0.453. The molecule has 1 heterocycles. The number of hydrogen-bond acceptors (Lipinski definition) is 4. The van der Waals surface area contributed by atoms with Crippen LogP contribution in [0, 0.1) is 0 Å². The number of hydrogen-bond donors (Lipinski definition) is 1. The molecule has 0 aliphatic rings. The smallest absolute Gasteiger partial charge is 0.387 e. The summed E-state index contributed by atoms with van der Waals surface area (Å²) in [6.45, 7) is -2.67. The van der Waals surface area contributed by atoms with Gasteiger partial charge in [0.25, 0.3) is 5.91 Å². The standard InChI is InChI=1S/C19H13Cl2F2NO3S/c20-12-1-4-14(5-2-12)26-9-11-7-17(28-10-11)18(25)24-13-3-6-16(15(21)8-13)27-19(22)23/h1-8,10,19H,9H2,(H,24,25). The first kappa shape index (κ1) is 20.4. The second-order valence-electron chi connectivity index (χ2n) is 5.54. The molecule has 1 N–H and O–H groups in total. The fraction of sp³-hybridized carbons (Fsp3) is 0.105. The van der Waals surface area contributed by atoms with Crippen LogP contribution in [-0.2, 0) is 6.61 Å². The van der Waals surface area contributed by atoms with Crippen molar-refractivity contribution in [2.75, 3.05) is 5.32 Å². The van der Waals surface area contributed by atoms with Gasteiger partial charge in [-0.1, -0.05) is 23.2 Å². The van der Waals surface area contributed by atoms with Crippen molar-refractivity contribution < 1.29 is 23.0 Å². The highest BCUT2D eigenvalue weighted by Gasteiger charge is 2.13. The zero-order valence-electron chi connectivity index (χ0n) is 14.1. The van der Waals surface area contributed by atoms with E-state index in [4.69, 9.17) is 27.9 Å². The number of alkyl halides is 2. The fourth-order valence-electron chi connectivity index (χ4n) is 2.23. The third kappa shape index (κ3) is 5.58. The number of amides is 1. The topological polar surface area (TPSA) is 47.6 Å². The monoisotopic (exact) mass is 443 g/mol. The Morgan fingerprint density at radius 1 is 1.11 bits per heavy atom. The SMILES string of the molecule is O=C(Nc1ccc(OC(F)F)c(Cl)c1)c1cc(COc2ccc(Cl)cc2)cs1. The number of halogens is 4. The molecular weight excluding hydrogens is 431 g/mol. The van der Waals surface area contributed by atoms with E-state index in [1.54, 1.807) is 30.3 Å². The lowest BCUT2D eigenvalue weighted by Crippen LogP contribution is -2.10. The van der Waals surface area contributed by atoms with Crippen molar-refractivity contribution in [2.45, 2.75) is 13.2 Å². The van der Waals surface area contributed by atoms with Crippen LogP contribution in [0.4, 0.5) is 14.5 Å². The first-order valence-corrected chi connectivity index (χ1v) is 9.56. The number of carbonyl (C=O) groups excluding carboxylic acids is 1. The number of thiophene rings is 1. The molecule has 28 heavy (non-hydrogen) atoms. The molecule has 0 aliphatic carbocycles. The summed E-state index contributed by atoms with van der Waals surface area (Å²) in [5.74, 6) is 0.163. The van der Waals surface area contributed by atoms with Crippen molar-refractivity contribution in [3.63, 3.8) is 0 Å². The van der Waals surface area contributed by atoms with Gasteiger partial charge in [-0.3, -0.25) is 4.79 Å². The number of anilines is 1. The molecule has 0 spiro atoms. The normalized spacial score (nSPS) is 10.8. The first-order chi connectivity index (χ1) is 13.4. The predicted molar refractivity (Wildman–Crippen MR) is 106 cm³/mol. The van der Waals surface area contributed by atoms with E-state index in [9.17, 15) is 13.6 Å². The average molecular weight is 444 g/mol. The Morgan fingerprint density at radius 3 is 2.54 bits per heavy atom. The van der Waals surface area contributed by atoms with Crippen molar-refractivity contribution >= 4 is 46.1 Å². The van der Waals surface area contributed by atoms with Crippen LogP contribution >= 0.6 is 34.5 Å². The summed E-state index contributed by atoms with van der Waals surface area (Å²) in [7, 11) is 0. The van der Waals surface area contributed by atoms with Crippen LogP contribution in [0.25, 0.3) is 0 Å². The lowest BCUT2D eigenvalue weighted by atomic mass is 10.2. The van der Waals surface area contributed by atoms with Crippen molar-refractivity contribution in [2.24, 2.45) is 0 Å². The molecule has 0 fully saturated rings. The molecule has 2 aromatic carbocycles. The summed E-state index contributed by atoms with van der Waals surface area (Å²) in [4.78, 5) is 12.8. The number of rotatable bonds is 7. The Balaban J connectivity index is 1.59. The van der Waals surface area contributed by atoms with Crippen molar-refractivity contribution in [1.29, 1.82) is 0 Å². The van der Waals surface area contributed by atoms with Gasteiger partial charge in [-0.2, -0.15) is 8.78 Å². The van der Waals surface area contributed by atoms with Crippen LogP contribution < -0.4 is 14.8 Å². The summed E-state index contributed by atoms with van der Waals surface area (Å²) < 4.78 is 34.4. The van der Waals surface area contributed by atoms with Gasteiger partial charge in [-0.05, 0) is 53.9 Å². The van der Waals surface area contributed by atoms with Crippen LogP contribution in [-0.4, -0.2) is 12.5 Å². The van der Waals surface area contributed by atoms with Crippen molar-refractivity contribution in [3.05, 3.63) is 74.4 Å². The fourth-order valence-corrected chi connectivity index (χ4v) is 3.37. The van der Waals surface area contributed by atoms with Gasteiger partial charge in [0.2, 0.25) is 0 Å². The number of nitrogens with one attached hydrogen (secondary N) is 1. The molecule has 146 valence electrons. The molecule has 1 amide bonds. The summed E-state index contributed by atoms with van der Waals surface area (Å²) in [6, 6.07) is 12.7. The van der Waals surface area contributed by atoms with Crippen molar-refractivity contribution in [3.8, 4) is 11.5 Å². The zero-order valence-corrected chi connectivity index (χ0v) is 16.5. The second kappa shape index (κ2) is 9.23. The maximum atomic E-state index is 12.4. The van der Waals surface area contributed by atoms with E-state index in [1.807, 2.05) is 5.38 Å². The summed E-state index contributed by atoms with van der Waals surface area (Å²) in [6.07, 6.45) is 0. The molecule has 0 radical (unpaired) electrons. The van der Waals surface area contributed by atoms with E-state index in [0.29, 0.717) is 27.9 Å². The van der Waals surface area contributed by atoms with E-state index < -0.39 is 6.61 Å². The van der Waals surface area contributed by atoms with Gasteiger partial charge >= 0.3 is 6.61 Å². The number of benzene rings is 2. The predicted octanol–water partition coefficient (Wildman–Crippen LogP) is 6.49.